The Morgan fingerprint density at radius 1 is 0.549 bits per heavy atom. The van der Waals surface area contributed by atoms with Gasteiger partial charge in [-0.2, -0.15) is 9.97 Å². The van der Waals surface area contributed by atoms with E-state index in [-0.39, 0.29) is 22.2 Å². The van der Waals surface area contributed by atoms with Crippen molar-refractivity contribution in [2.75, 3.05) is 31.5 Å². The van der Waals surface area contributed by atoms with E-state index in [2.05, 4.69) is 95.0 Å². The summed E-state index contributed by atoms with van der Waals surface area (Å²) in [5.74, 6) is 2.74. The van der Waals surface area contributed by atoms with Crippen molar-refractivity contribution in [1.29, 1.82) is 0 Å². The SMILES string of the molecule is CCCc1nc(CCN(CCCCCCCCN(CCC)C2CC(C)(C)NC(C)(C)C2)C2CC(C)(C)NC(C)(C)C2)nc(NC2CCCCC2)n1. The number of aromatic nitrogens is 3. The van der Waals surface area contributed by atoms with E-state index < -0.39 is 0 Å². The standard InChI is InChI=1S/C43H82N8/c1-11-22-37-45-38(47-39(46-37)44-34-23-18-17-19-24-34)25-29-51(36-32-42(7,8)49-43(9,10)33-36)28-21-16-14-13-15-20-27-50(26-12-2)35-30-40(3,4)48-41(5,6)31-35/h34-36,48-49H,11-33H2,1-10H3,(H,44,45,46,47). The molecule has 8 nitrogen and oxygen atoms in total. The largest absolute Gasteiger partial charge is 0.351 e. The smallest absolute Gasteiger partial charge is 0.226 e. The summed E-state index contributed by atoms with van der Waals surface area (Å²) in [6.07, 6.45) is 23.4. The lowest BCUT2D eigenvalue weighted by atomic mass is 9.79. The number of nitrogens with one attached hydrogen (secondary N) is 3. The summed E-state index contributed by atoms with van der Waals surface area (Å²) in [5.41, 5.74) is 0.691. The number of rotatable bonds is 20. The zero-order chi connectivity index (χ0) is 37.1. The van der Waals surface area contributed by atoms with E-state index in [9.17, 15) is 0 Å². The van der Waals surface area contributed by atoms with Gasteiger partial charge in [0.25, 0.3) is 0 Å². The molecule has 0 unspecified atom stereocenters. The lowest BCUT2D eigenvalue weighted by Crippen LogP contribution is -2.62. The minimum absolute atomic E-state index is 0.133. The molecule has 0 amide bonds. The summed E-state index contributed by atoms with van der Waals surface area (Å²) >= 11 is 0. The third-order valence-corrected chi connectivity index (χ3v) is 11.8. The fourth-order valence-corrected chi connectivity index (χ4v) is 10.3. The molecule has 3 N–H and O–H groups in total. The highest BCUT2D eigenvalue weighted by Crippen LogP contribution is 2.33. The molecule has 8 heteroatoms. The van der Waals surface area contributed by atoms with Gasteiger partial charge in [0.05, 0.1) is 0 Å². The van der Waals surface area contributed by atoms with Gasteiger partial charge >= 0.3 is 0 Å². The predicted molar refractivity (Wildman–Crippen MR) is 218 cm³/mol. The maximum Gasteiger partial charge on any atom is 0.226 e. The lowest BCUT2D eigenvalue weighted by Gasteiger charge is -2.50. The average molecular weight is 711 g/mol. The molecule has 51 heavy (non-hydrogen) atoms. The highest BCUT2D eigenvalue weighted by Gasteiger charge is 2.41. The van der Waals surface area contributed by atoms with Gasteiger partial charge in [0.1, 0.15) is 11.6 Å². The first-order valence-electron chi connectivity index (χ1n) is 21.6. The molecule has 0 spiro atoms. The third-order valence-electron chi connectivity index (χ3n) is 11.8. The Hall–Kier alpha value is -1.35. The van der Waals surface area contributed by atoms with E-state index in [4.69, 9.17) is 15.0 Å². The Bertz CT molecular complexity index is 1120. The van der Waals surface area contributed by atoms with Gasteiger partial charge in [-0.15, -0.1) is 0 Å². The summed E-state index contributed by atoms with van der Waals surface area (Å²) in [4.78, 5) is 20.5. The van der Waals surface area contributed by atoms with Crippen LogP contribution in [0.4, 0.5) is 5.95 Å². The molecule has 0 atom stereocenters. The fraction of sp³-hybridized carbons (Fsp3) is 0.930. The molecule has 3 fully saturated rings. The molecule has 2 saturated heterocycles. The third kappa shape index (κ3) is 14.8. The highest BCUT2D eigenvalue weighted by molar-refractivity contribution is 5.26. The van der Waals surface area contributed by atoms with Crippen molar-refractivity contribution >= 4 is 5.95 Å². The second kappa shape index (κ2) is 19.3. The minimum atomic E-state index is 0.133. The maximum atomic E-state index is 5.01. The van der Waals surface area contributed by atoms with Crippen LogP contribution in [0.15, 0.2) is 0 Å². The van der Waals surface area contributed by atoms with Gasteiger partial charge in [0.15, 0.2) is 0 Å². The summed E-state index contributed by atoms with van der Waals surface area (Å²) in [6.45, 7) is 28.4. The Balaban J connectivity index is 1.29. The Morgan fingerprint density at radius 3 is 1.47 bits per heavy atom. The van der Waals surface area contributed by atoms with Crippen molar-refractivity contribution in [3.05, 3.63) is 11.6 Å². The molecule has 4 rings (SSSR count). The molecule has 1 aliphatic carbocycles. The second-order valence-electron chi connectivity index (χ2n) is 19.6. The topological polar surface area (TPSA) is 81.2 Å². The van der Waals surface area contributed by atoms with Gasteiger partial charge in [-0.3, -0.25) is 4.90 Å². The molecule has 1 aromatic rings. The van der Waals surface area contributed by atoms with Crippen molar-refractivity contribution in [3.8, 4) is 0 Å². The molecular weight excluding hydrogens is 629 g/mol. The van der Waals surface area contributed by atoms with Gasteiger partial charge in [-0.1, -0.05) is 58.8 Å². The maximum absolute atomic E-state index is 5.01. The first-order valence-corrected chi connectivity index (χ1v) is 21.6. The van der Waals surface area contributed by atoms with Crippen LogP contribution in [0.5, 0.6) is 0 Å². The Kier molecular flexibility index (Phi) is 16.0. The number of nitrogens with zero attached hydrogens (tertiary/aromatic N) is 5. The minimum Gasteiger partial charge on any atom is -0.351 e. The van der Waals surface area contributed by atoms with E-state index in [1.807, 2.05) is 0 Å². The van der Waals surface area contributed by atoms with Crippen LogP contribution in [0.2, 0.25) is 0 Å². The van der Waals surface area contributed by atoms with Crippen molar-refractivity contribution in [3.63, 3.8) is 0 Å². The number of hydrogen-bond acceptors (Lipinski definition) is 8. The van der Waals surface area contributed by atoms with Gasteiger partial charge in [0, 0.05) is 59.7 Å². The summed E-state index contributed by atoms with van der Waals surface area (Å²) in [7, 11) is 0. The van der Waals surface area contributed by atoms with E-state index in [0.717, 1.165) is 43.4 Å². The van der Waals surface area contributed by atoms with Crippen LogP contribution in [0, 0.1) is 0 Å². The Morgan fingerprint density at radius 2 is 1.00 bits per heavy atom. The number of unbranched alkanes of at least 4 members (excludes halogenated alkanes) is 5. The van der Waals surface area contributed by atoms with Gasteiger partial charge in [-0.05, 0) is 139 Å². The van der Waals surface area contributed by atoms with E-state index in [1.165, 1.54) is 122 Å². The van der Waals surface area contributed by atoms with Crippen molar-refractivity contribution in [1.82, 2.24) is 35.4 Å². The predicted octanol–water partition coefficient (Wildman–Crippen LogP) is 9.08. The van der Waals surface area contributed by atoms with E-state index in [0.29, 0.717) is 18.1 Å². The number of hydrogen-bond donors (Lipinski definition) is 3. The first-order chi connectivity index (χ1) is 24.1. The van der Waals surface area contributed by atoms with Crippen molar-refractivity contribution < 1.29 is 0 Å². The molecule has 0 radical (unpaired) electrons. The summed E-state index contributed by atoms with van der Waals surface area (Å²) < 4.78 is 0. The molecule has 3 heterocycles. The molecule has 3 aliphatic rings. The zero-order valence-corrected chi connectivity index (χ0v) is 35.2. The van der Waals surface area contributed by atoms with Crippen LogP contribution in [0.3, 0.4) is 0 Å². The summed E-state index contributed by atoms with van der Waals surface area (Å²) in [6, 6.07) is 1.77. The number of anilines is 1. The molecule has 0 bridgehead atoms. The zero-order valence-electron chi connectivity index (χ0n) is 35.2. The Labute approximate surface area is 315 Å². The molecule has 1 saturated carbocycles. The summed E-state index contributed by atoms with van der Waals surface area (Å²) in [5, 5.41) is 11.5. The first kappa shape index (κ1) is 42.4. The van der Waals surface area contributed by atoms with Crippen molar-refractivity contribution in [2.24, 2.45) is 0 Å². The van der Waals surface area contributed by atoms with Crippen LogP contribution in [-0.2, 0) is 12.8 Å². The monoisotopic (exact) mass is 711 g/mol. The van der Waals surface area contributed by atoms with E-state index in [1.54, 1.807) is 0 Å². The number of piperidine rings is 2. The number of aryl methyl sites for hydroxylation is 1. The molecular formula is C43H82N8. The van der Waals surface area contributed by atoms with E-state index >= 15 is 0 Å². The molecule has 1 aromatic heterocycles. The van der Waals surface area contributed by atoms with Gasteiger partial charge in [0.2, 0.25) is 5.95 Å². The normalized spacial score (nSPS) is 22.5. The van der Waals surface area contributed by atoms with Gasteiger partial charge < -0.3 is 20.9 Å². The van der Waals surface area contributed by atoms with Crippen LogP contribution in [0.25, 0.3) is 0 Å². The molecule has 294 valence electrons. The van der Waals surface area contributed by atoms with Crippen LogP contribution in [-0.4, -0.2) is 91.2 Å². The van der Waals surface area contributed by atoms with Gasteiger partial charge in [-0.25, -0.2) is 4.98 Å². The van der Waals surface area contributed by atoms with Crippen molar-refractivity contribution in [2.45, 2.75) is 232 Å². The van der Waals surface area contributed by atoms with Crippen LogP contribution in [0.1, 0.15) is 190 Å². The molecule has 0 aromatic carbocycles. The van der Waals surface area contributed by atoms with Crippen LogP contribution >= 0.6 is 0 Å². The second-order valence-corrected chi connectivity index (χ2v) is 19.6. The highest BCUT2D eigenvalue weighted by atomic mass is 15.2. The average Bonchev–Trinajstić information content (AvgIpc) is 3.00. The lowest BCUT2D eigenvalue weighted by molar-refractivity contribution is 0.0640. The van der Waals surface area contributed by atoms with Crippen LogP contribution < -0.4 is 16.0 Å². The molecule has 2 aliphatic heterocycles. The quantitative estimate of drug-likeness (QED) is 0.116. The fourth-order valence-electron chi connectivity index (χ4n) is 10.3.